The van der Waals surface area contributed by atoms with Gasteiger partial charge in [0.2, 0.25) is 0 Å². The molecule has 0 unspecified atom stereocenters. The third-order valence-electron chi connectivity index (χ3n) is 8.24. The number of hydrogen-bond donors (Lipinski definition) is 1. The normalized spacial score (nSPS) is 22.3. The van der Waals surface area contributed by atoms with Gasteiger partial charge in [0.25, 0.3) is 0 Å². The first kappa shape index (κ1) is 24.2. The van der Waals surface area contributed by atoms with Crippen molar-refractivity contribution in [2.24, 2.45) is 7.05 Å². The average Bonchev–Trinajstić information content (AvgIpc) is 3.34. The Bertz CT molecular complexity index is 1700. The number of nitrogens with zero attached hydrogens (tertiary/aromatic N) is 2. The van der Waals surface area contributed by atoms with Crippen LogP contribution >= 0.6 is 0 Å². The van der Waals surface area contributed by atoms with E-state index in [0.717, 1.165) is 49.1 Å². The van der Waals surface area contributed by atoms with Gasteiger partial charge in [-0.05, 0) is 42.8 Å². The molecule has 2 atom stereocenters. The highest BCUT2D eigenvalue weighted by atomic mass is 16.8. The SMILES string of the molecule is Cn1c2cc3ccccc3cc2c(=O)c2cc(NCCN3CCOCC3)c3c(c21)[C@@H]1OC(=O)O[C@@H]1C(C)(C)O3. The van der Waals surface area contributed by atoms with Crippen molar-refractivity contribution in [3.63, 3.8) is 0 Å². The lowest BCUT2D eigenvalue weighted by Crippen LogP contribution is -2.48. The summed E-state index contributed by atoms with van der Waals surface area (Å²) in [4.78, 5) is 28.8. The Hall–Kier alpha value is -3.82. The lowest BCUT2D eigenvalue weighted by atomic mass is 9.86. The van der Waals surface area contributed by atoms with Crippen molar-refractivity contribution in [3.8, 4) is 5.75 Å². The van der Waals surface area contributed by atoms with E-state index in [9.17, 15) is 9.59 Å². The molecule has 9 nitrogen and oxygen atoms in total. The van der Waals surface area contributed by atoms with Crippen LogP contribution in [0, 0.1) is 0 Å². The van der Waals surface area contributed by atoms with E-state index < -0.39 is 24.0 Å². The number of rotatable bonds is 4. The van der Waals surface area contributed by atoms with Crippen molar-refractivity contribution in [3.05, 3.63) is 58.3 Å². The van der Waals surface area contributed by atoms with Crippen molar-refractivity contribution >= 4 is 44.4 Å². The number of fused-ring (bicyclic) bond motifs is 7. The van der Waals surface area contributed by atoms with Crippen molar-refractivity contribution < 1.29 is 23.7 Å². The minimum absolute atomic E-state index is 0.0745. The molecule has 3 aromatic carbocycles. The van der Waals surface area contributed by atoms with Gasteiger partial charge >= 0.3 is 6.16 Å². The molecule has 0 radical (unpaired) electrons. The number of aryl methyl sites for hydroxylation is 1. The van der Waals surface area contributed by atoms with Gasteiger partial charge in [0.05, 0.1) is 35.5 Å². The van der Waals surface area contributed by atoms with Crippen LogP contribution in [0.4, 0.5) is 10.5 Å². The number of pyridine rings is 1. The van der Waals surface area contributed by atoms with Crippen molar-refractivity contribution in [1.82, 2.24) is 9.47 Å². The largest absolute Gasteiger partial charge is 0.509 e. The molecule has 0 saturated carbocycles. The summed E-state index contributed by atoms with van der Waals surface area (Å²) in [5.74, 6) is 0.587. The summed E-state index contributed by atoms with van der Waals surface area (Å²) < 4.78 is 25.4. The van der Waals surface area contributed by atoms with Crippen LogP contribution in [-0.4, -0.2) is 66.7 Å². The summed E-state index contributed by atoms with van der Waals surface area (Å²) in [5, 5.41) is 6.75. The quantitative estimate of drug-likeness (QED) is 0.309. The monoisotopic (exact) mass is 529 g/mol. The maximum absolute atomic E-state index is 14.1. The number of anilines is 1. The van der Waals surface area contributed by atoms with Gasteiger partial charge in [-0.25, -0.2) is 4.79 Å². The van der Waals surface area contributed by atoms with E-state index in [4.69, 9.17) is 18.9 Å². The predicted molar refractivity (Wildman–Crippen MR) is 149 cm³/mol. The van der Waals surface area contributed by atoms with Crippen molar-refractivity contribution in [2.75, 3.05) is 44.7 Å². The molecule has 9 heteroatoms. The summed E-state index contributed by atoms with van der Waals surface area (Å²) in [7, 11) is 1.94. The zero-order chi connectivity index (χ0) is 26.9. The van der Waals surface area contributed by atoms with Gasteiger partial charge in [-0.15, -0.1) is 0 Å². The topological polar surface area (TPSA) is 91.3 Å². The second-order valence-corrected chi connectivity index (χ2v) is 11.1. The Morgan fingerprint density at radius 3 is 2.51 bits per heavy atom. The second kappa shape index (κ2) is 8.86. The van der Waals surface area contributed by atoms with Crippen LogP contribution < -0.4 is 15.5 Å². The van der Waals surface area contributed by atoms with E-state index in [1.165, 1.54) is 0 Å². The fourth-order valence-corrected chi connectivity index (χ4v) is 6.24. The number of benzene rings is 3. The van der Waals surface area contributed by atoms with Crippen molar-refractivity contribution in [2.45, 2.75) is 31.7 Å². The Labute approximate surface area is 225 Å². The van der Waals surface area contributed by atoms with E-state index >= 15 is 0 Å². The highest BCUT2D eigenvalue weighted by Crippen LogP contribution is 2.52. The first-order chi connectivity index (χ1) is 18.8. The zero-order valence-electron chi connectivity index (χ0n) is 22.3. The highest BCUT2D eigenvalue weighted by molar-refractivity contribution is 6.04. The molecule has 2 fully saturated rings. The van der Waals surface area contributed by atoms with Gasteiger partial charge in [0.1, 0.15) is 5.60 Å². The molecule has 1 N–H and O–H groups in total. The van der Waals surface area contributed by atoms with E-state index in [0.29, 0.717) is 39.8 Å². The third-order valence-corrected chi connectivity index (χ3v) is 8.24. The van der Waals surface area contributed by atoms with Crippen LogP contribution in [0.1, 0.15) is 25.5 Å². The number of morpholine rings is 1. The van der Waals surface area contributed by atoms with Crippen LogP contribution in [0.5, 0.6) is 5.75 Å². The van der Waals surface area contributed by atoms with Crippen LogP contribution in [-0.2, 0) is 21.3 Å². The summed E-state index contributed by atoms with van der Waals surface area (Å²) >= 11 is 0. The minimum atomic E-state index is -0.829. The van der Waals surface area contributed by atoms with E-state index in [2.05, 4.69) is 10.2 Å². The summed E-state index contributed by atoms with van der Waals surface area (Å²) in [6.07, 6.45) is -2.08. The van der Waals surface area contributed by atoms with Gasteiger partial charge in [0.15, 0.2) is 23.4 Å². The first-order valence-corrected chi connectivity index (χ1v) is 13.4. The Morgan fingerprint density at radius 2 is 1.74 bits per heavy atom. The van der Waals surface area contributed by atoms with E-state index in [1.807, 2.05) is 67.9 Å². The molecule has 0 amide bonds. The van der Waals surface area contributed by atoms with Crippen molar-refractivity contribution in [1.29, 1.82) is 0 Å². The molecule has 2 saturated heterocycles. The predicted octanol–water partition coefficient (Wildman–Crippen LogP) is 4.34. The molecule has 0 bridgehead atoms. The number of aromatic nitrogens is 1. The lowest BCUT2D eigenvalue weighted by Gasteiger charge is -2.40. The molecule has 4 aromatic rings. The average molecular weight is 530 g/mol. The fourth-order valence-electron chi connectivity index (χ4n) is 6.24. The van der Waals surface area contributed by atoms with Crippen LogP contribution in [0.15, 0.2) is 47.3 Å². The molecule has 1 aromatic heterocycles. The molecular weight excluding hydrogens is 498 g/mol. The van der Waals surface area contributed by atoms with Gasteiger partial charge in [0, 0.05) is 44.0 Å². The number of carbonyl (C=O) groups is 1. The Morgan fingerprint density at radius 1 is 1.00 bits per heavy atom. The number of ether oxygens (including phenoxy) is 4. The molecule has 39 heavy (non-hydrogen) atoms. The smallest absolute Gasteiger partial charge is 0.481 e. The van der Waals surface area contributed by atoms with E-state index in [-0.39, 0.29) is 5.43 Å². The molecule has 7 rings (SSSR count). The Kier molecular flexibility index (Phi) is 5.50. The van der Waals surface area contributed by atoms with Gasteiger partial charge in [-0.3, -0.25) is 9.69 Å². The molecule has 3 aliphatic rings. The summed E-state index contributed by atoms with van der Waals surface area (Å²) in [5.41, 5.74) is 1.94. The maximum Gasteiger partial charge on any atom is 0.509 e. The standard InChI is InChI=1S/C30H31N3O6/c1-30(2)28-27(37-29(35)38-28)23-24-20(16-21(26(23)39-30)31-8-9-33-10-12-36-13-11-33)25(34)19-14-17-6-4-5-7-18(17)15-22(19)32(24)3/h4-7,14-16,27-28,31H,8-13H2,1-3H3/t27-,28-/m0/s1. The van der Waals surface area contributed by atoms with Crippen LogP contribution in [0.2, 0.25) is 0 Å². The number of hydrogen-bond acceptors (Lipinski definition) is 8. The van der Waals surface area contributed by atoms with E-state index in [1.54, 1.807) is 0 Å². The highest BCUT2D eigenvalue weighted by Gasteiger charge is 2.54. The van der Waals surface area contributed by atoms with Crippen LogP contribution in [0.25, 0.3) is 32.6 Å². The van der Waals surface area contributed by atoms with Gasteiger partial charge < -0.3 is 28.8 Å². The number of carbonyl (C=O) groups excluding carboxylic acids is 1. The minimum Gasteiger partial charge on any atom is -0.481 e. The molecule has 4 heterocycles. The maximum atomic E-state index is 14.1. The number of nitrogens with one attached hydrogen (secondary N) is 1. The summed E-state index contributed by atoms with van der Waals surface area (Å²) in [6, 6.07) is 13.9. The van der Waals surface area contributed by atoms with Crippen LogP contribution in [0.3, 0.4) is 0 Å². The molecular formula is C30H31N3O6. The Balaban J connectivity index is 1.45. The molecule has 0 aliphatic carbocycles. The molecule has 3 aliphatic heterocycles. The van der Waals surface area contributed by atoms with Gasteiger partial charge in [-0.2, -0.15) is 0 Å². The molecule has 202 valence electrons. The summed E-state index contributed by atoms with van der Waals surface area (Å²) in [6.45, 7) is 8.50. The third kappa shape index (κ3) is 3.83. The second-order valence-electron chi connectivity index (χ2n) is 11.1. The zero-order valence-corrected chi connectivity index (χ0v) is 22.3. The fraction of sp³-hybridized carbons (Fsp3) is 0.400. The van der Waals surface area contributed by atoms with Gasteiger partial charge in [-0.1, -0.05) is 24.3 Å². The first-order valence-electron chi connectivity index (χ1n) is 13.4. The molecule has 0 spiro atoms. The lowest BCUT2D eigenvalue weighted by molar-refractivity contribution is -0.0493.